The van der Waals surface area contributed by atoms with E-state index in [0.717, 1.165) is 0 Å². The van der Waals surface area contributed by atoms with E-state index in [4.69, 9.17) is 0 Å². The van der Waals surface area contributed by atoms with Gasteiger partial charge in [-0.1, -0.05) is 43.5 Å². The maximum absolute atomic E-state index is 2.58. The highest BCUT2D eigenvalue weighted by molar-refractivity contribution is 6.58. The van der Waals surface area contributed by atoms with Gasteiger partial charge >= 0.3 is 0 Å². The molecule has 0 rings (SSSR count). The second-order valence-corrected chi connectivity index (χ2v) is 7.50. The minimum absolute atomic E-state index is 0. The molecule has 0 spiro atoms. The monoisotopic (exact) mass is 242 g/mol. The molecular formula is C8H22Al2Cl2. The Morgan fingerprint density at radius 2 is 1.00 bits per heavy atom. The minimum Gasteiger partial charge on any atom is -0.147 e. The summed E-state index contributed by atoms with van der Waals surface area (Å²) in [4.78, 5) is 0. The van der Waals surface area contributed by atoms with E-state index in [0.29, 0.717) is 0 Å². The maximum Gasteiger partial charge on any atom is 0.261 e. The minimum atomic E-state index is -0.171. The normalized spacial score (nSPS) is 6.67. The molecule has 0 heterocycles. The number of hydrogen-bond acceptors (Lipinski definition) is 0. The summed E-state index contributed by atoms with van der Waals surface area (Å²) in [6.45, 7) is 9.06. The Morgan fingerprint density at radius 1 is 0.833 bits per heavy atom. The highest BCUT2D eigenvalue weighted by atomic mass is 35.5. The molecule has 2 radical (unpaired) electrons. The molecule has 12 heavy (non-hydrogen) atoms. The fraction of sp³-hybridized carbons (Fsp3) is 1.00. The zero-order valence-electron chi connectivity index (χ0n) is 8.80. The van der Waals surface area contributed by atoms with Gasteiger partial charge in [-0.2, -0.15) is 0 Å². The Hall–Kier alpha value is 1.64. The molecule has 0 saturated heterocycles. The van der Waals surface area contributed by atoms with Crippen LogP contribution in [0.5, 0.6) is 0 Å². The lowest BCUT2D eigenvalue weighted by Gasteiger charge is -1.97. The first-order valence-electron chi connectivity index (χ1n) is 4.46. The van der Waals surface area contributed by atoms with E-state index in [1.54, 1.807) is 0 Å². The SMILES string of the molecule is C[CH2][Al].C[CH2][Al]([CH2]C)[CH2]C.Cl.Cl. The largest absolute Gasteiger partial charge is 0.261 e. The fourth-order valence-corrected chi connectivity index (χ4v) is 2.60. The maximum atomic E-state index is 2.58. The van der Waals surface area contributed by atoms with E-state index in [1.165, 1.54) is 21.1 Å². The first-order chi connectivity index (χ1) is 4.76. The second kappa shape index (κ2) is 22.9. The van der Waals surface area contributed by atoms with E-state index in [1.807, 2.05) is 0 Å². The zero-order valence-corrected chi connectivity index (χ0v) is 12.7. The van der Waals surface area contributed by atoms with Crippen molar-refractivity contribution in [2.45, 2.75) is 48.8 Å². The molecule has 0 amide bonds. The van der Waals surface area contributed by atoms with E-state index in [-0.39, 0.29) is 39.0 Å². The van der Waals surface area contributed by atoms with Gasteiger partial charge in [0.1, 0.15) is 16.3 Å². The summed E-state index contributed by atoms with van der Waals surface area (Å²) in [6.07, 6.45) is 0. The smallest absolute Gasteiger partial charge is 0.147 e. The lowest BCUT2D eigenvalue weighted by Crippen LogP contribution is -2.04. The summed E-state index contributed by atoms with van der Waals surface area (Å²) in [7, 11) is 0. The van der Waals surface area contributed by atoms with Crippen LogP contribution in [0.25, 0.3) is 0 Å². The second-order valence-electron chi connectivity index (χ2n) is 2.50. The van der Waals surface area contributed by atoms with Crippen LogP contribution in [0, 0.1) is 0 Å². The van der Waals surface area contributed by atoms with Gasteiger partial charge in [-0.15, -0.1) is 30.1 Å². The van der Waals surface area contributed by atoms with Crippen molar-refractivity contribution in [1.29, 1.82) is 0 Å². The van der Waals surface area contributed by atoms with E-state index >= 15 is 0 Å². The fourth-order valence-electron chi connectivity index (χ4n) is 0.866. The predicted molar refractivity (Wildman–Crippen MR) is 67.9 cm³/mol. The molecule has 0 aliphatic carbocycles. The molecule has 0 N–H and O–H groups in total. The average Bonchev–Trinajstić information content (AvgIpc) is 1.93. The van der Waals surface area contributed by atoms with Gasteiger partial charge in [-0.05, 0) is 0 Å². The molecule has 4 heteroatoms. The van der Waals surface area contributed by atoms with Crippen LogP contribution >= 0.6 is 24.8 Å². The summed E-state index contributed by atoms with van der Waals surface area (Å²) >= 11 is 2.41. The first kappa shape index (κ1) is 23.5. The van der Waals surface area contributed by atoms with E-state index in [9.17, 15) is 0 Å². The van der Waals surface area contributed by atoms with Crippen LogP contribution in [-0.2, 0) is 0 Å². The summed E-state index contributed by atoms with van der Waals surface area (Å²) in [5.74, 6) is 0. The summed E-state index contributed by atoms with van der Waals surface area (Å²) < 4.78 is 0. The van der Waals surface area contributed by atoms with Crippen LogP contribution in [0.1, 0.15) is 27.7 Å². The molecule has 0 aromatic rings. The van der Waals surface area contributed by atoms with Crippen LogP contribution in [0.4, 0.5) is 0 Å². The number of hydrogen-bond donors (Lipinski definition) is 0. The van der Waals surface area contributed by atoms with Gasteiger partial charge in [0, 0.05) is 0 Å². The molecule has 0 atom stereocenters. The Kier molecular flexibility index (Phi) is 44.8. The van der Waals surface area contributed by atoms with Gasteiger partial charge in [0.05, 0.1) is 0 Å². The van der Waals surface area contributed by atoms with Crippen LogP contribution in [0.2, 0.25) is 21.1 Å². The molecule has 74 valence electrons. The molecule has 0 aliphatic rings. The molecule has 0 aromatic heterocycles. The summed E-state index contributed by atoms with van der Waals surface area (Å²) in [5, 5.41) is 5.65. The Balaban J connectivity index is -0.0000000569. The predicted octanol–water partition coefficient (Wildman–Crippen LogP) is 3.98. The van der Waals surface area contributed by atoms with Crippen molar-refractivity contribution < 1.29 is 0 Å². The molecule has 0 nitrogen and oxygen atoms in total. The zero-order chi connectivity index (χ0) is 8.41. The van der Waals surface area contributed by atoms with Crippen molar-refractivity contribution in [2.75, 3.05) is 0 Å². The Bertz CT molecular complexity index is 44.8. The first-order valence-corrected chi connectivity index (χ1v) is 7.73. The highest BCUT2D eigenvalue weighted by Gasteiger charge is 2.05. The van der Waals surface area contributed by atoms with Gasteiger partial charge in [0.2, 0.25) is 0 Å². The van der Waals surface area contributed by atoms with E-state index < -0.39 is 0 Å². The van der Waals surface area contributed by atoms with E-state index in [2.05, 4.69) is 44.0 Å². The quantitative estimate of drug-likeness (QED) is 0.658. The molecule has 0 fully saturated rings. The van der Waals surface area contributed by atoms with Crippen molar-refractivity contribution in [3.63, 3.8) is 0 Å². The van der Waals surface area contributed by atoms with Gasteiger partial charge in [0.15, 0.2) is 0 Å². The third-order valence-electron chi connectivity index (χ3n) is 1.73. The molecule has 0 saturated carbocycles. The lowest BCUT2D eigenvalue weighted by atomic mass is 10.9. The molecular weight excluding hydrogens is 221 g/mol. The van der Waals surface area contributed by atoms with Crippen molar-refractivity contribution >= 4 is 55.3 Å². The third-order valence-corrected chi connectivity index (χ3v) is 5.20. The van der Waals surface area contributed by atoms with Crippen molar-refractivity contribution in [1.82, 2.24) is 0 Å². The van der Waals surface area contributed by atoms with Gasteiger partial charge < -0.3 is 0 Å². The Morgan fingerprint density at radius 3 is 1.00 bits per heavy atom. The summed E-state index contributed by atoms with van der Waals surface area (Å²) in [5.41, 5.74) is 0. The van der Waals surface area contributed by atoms with Crippen LogP contribution in [0.3, 0.4) is 0 Å². The third kappa shape index (κ3) is 22.6. The van der Waals surface area contributed by atoms with Crippen LogP contribution in [-0.4, -0.2) is 30.4 Å². The van der Waals surface area contributed by atoms with Crippen LogP contribution in [0.15, 0.2) is 0 Å². The van der Waals surface area contributed by atoms with Gasteiger partial charge in [0.25, 0.3) is 14.1 Å². The van der Waals surface area contributed by atoms with Crippen molar-refractivity contribution in [3.05, 3.63) is 0 Å². The highest BCUT2D eigenvalue weighted by Crippen LogP contribution is 2.01. The molecule has 0 unspecified atom stereocenters. The van der Waals surface area contributed by atoms with Crippen molar-refractivity contribution in [3.8, 4) is 0 Å². The topological polar surface area (TPSA) is 0 Å². The van der Waals surface area contributed by atoms with Gasteiger partial charge in [-0.3, -0.25) is 0 Å². The standard InChI is InChI=1S/4C2H5.2Al.2ClH/c4*1-2;;;;/h4*1H2,2H3;;;2*1H. The Labute approximate surface area is 104 Å². The van der Waals surface area contributed by atoms with Crippen LogP contribution < -0.4 is 0 Å². The van der Waals surface area contributed by atoms with Gasteiger partial charge in [-0.25, -0.2) is 0 Å². The number of halogens is 2. The molecule has 0 aliphatic heterocycles. The van der Waals surface area contributed by atoms with Crippen molar-refractivity contribution in [2.24, 2.45) is 0 Å². The lowest BCUT2D eigenvalue weighted by molar-refractivity contribution is 1.24. The average molecular weight is 243 g/mol. The summed E-state index contributed by atoms with van der Waals surface area (Å²) in [6, 6.07) is 0. The molecule has 0 aromatic carbocycles. The molecule has 0 bridgehead atoms. The number of rotatable bonds is 3.